The molecule has 0 bridgehead atoms. The van der Waals surface area contributed by atoms with Gasteiger partial charge in [-0.25, -0.2) is 0 Å². The summed E-state index contributed by atoms with van der Waals surface area (Å²) < 4.78 is 10.4. The van der Waals surface area contributed by atoms with Crippen LogP contribution in [0.5, 0.6) is 0 Å². The van der Waals surface area contributed by atoms with E-state index in [0.717, 1.165) is 49.0 Å². The highest BCUT2D eigenvalue weighted by Crippen LogP contribution is 2.22. The van der Waals surface area contributed by atoms with Crippen molar-refractivity contribution in [2.24, 2.45) is 4.99 Å². The quantitative estimate of drug-likeness (QED) is 0.188. The van der Waals surface area contributed by atoms with Crippen molar-refractivity contribution >= 4 is 52.4 Å². The molecular weight excluding hydrogens is 479 g/mol. The molecule has 1 aromatic heterocycles. The number of nitrogens with one attached hydrogen (secondary N) is 3. The number of methoxy groups -OCH3 is 1. The summed E-state index contributed by atoms with van der Waals surface area (Å²) in [6.07, 6.45) is 3.83. The second-order valence-electron chi connectivity index (χ2n) is 5.90. The number of H-pyrrole nitrogens is 1. The first-order valence-electron chi connectivity index (χ1n) is 9.09. The summed E-state index contributed by atoms with van der Waals surface area (Å²) in [5.74, 6) is 0.835. The molecule has 0 saturated carbocycles. The molecule has 6 nitrogen and oxygen atoms in total. The van der Waals surface area contributed by atoms with Gasteiger partial charge in [0.1, 0.15) is 0 Å². The number of aromatic amines is 1. The molecule has 0 spiro atoms. The van der Waals surface area contributed by atoms with E-state index in [0.29, 0.717) is 19.8 Å². The highest BCUT2D eigenvalue weighted by atomic mass is 127. The van der Waals surface area contributed by atoms with Crippen LogP contribution in [-0.2, 0) is 15.9 Å². The maximum absolute atomic E-state index is 6.11. The van der Waals surface area contributed by atoms with Gasteiger partial charge in [0.15, 0.2) is 5.96 Å². The minimum Gasteiger partial charge on any atom is -0.382 e. The Kier molecular flexibility index (Phi) is 12.5. The normalized spacial score (nSPS) is 11.4. The number of guanidine groups is 1. The fourth-order valence-electron chi connectivity index (χ4n) is 2.62. The van der Waals surface area contributed by atoms with Crippen molar-refractivity contribution < 1.29 is 9.47 Å². The van der Waals surface area contributed by atoms with Crippen LogP contribution in [0.25, 0.3) is 10.9 Å². The van der Waals surface area contributed by atoms with Crippen molar-refractivity contribution in [2.45, 2.75) is 19.8 Å². The van der Waals surface area contributed by atoms with Crippen molar-refractivity contribution in [1.82, 2.24) is 15.6 Å². The number of ether oxygens (including phenoxy) is 2. The minimum absolute atomic E-state index is 0. The van der Waals surface area contributed by atoms with E-state index in [1.54, 1.807) is 7.11 Å². The van der Waals surface area contributed by atoms with Crippen LogP contribution in [0.15, 0.2) is 29.4 Å². The topological polar surface area (TPSA) is 70.7 Å². The van der Waals surface area contributed by atoms with Crippen LogP contribution in [0, 0.1) is 0 Å². The van der Waals surface area contributed by atoms with Crippen molar-refractivity contribution in [3.8, 4) is 0 Å². The van der Waals surface area contributed by atoms with Crippen LogP contribution in [-0.4, -0.2) is 57.5 Å². The lowest BCUT2D eigenvalue weighted by Crippen LogP contribution is -2.38. The molecule has 152 valence electrons. The van der Waals surface area contributed by atoms with Gasteiger partial charge in [-0.1, -0.05) is 11.6 Å². The molecule has 0 saturated heterocycles. The zero-order valence-electron chi connectivity index (χ0n) is 16.0. The number of fused-ring (bicyclic) bond motifs is 1. The third-order valence-electron chi connectivity index (χ3n) is 3.91. The Balaban J connectivity index is 0.00000364. The van der Waals surface area contributed by atoms with Crippen LogP contribution in [0.1, 0.15) is 18.9 Å². The summed E-state index contributed by atoms with van der Waals surface area (Å²) in [5.41, 5.74) is 2.36. The molecule has 0 aliphatic rings. The maximum Gasteiger partial charge on any atom is 0.191 e. The highest BCUT2D eigenvalue weighted by Gasteiger charge is 2.05. The molecule has 2 rings (SSSR count). The van der Waals surface area contributed by atoms with Crippen molar-refractivity contribution in [1.29, 1.82) is 0 Å². The molecule has 0 aliphatic carbocycles. The molecular formula is C19H30ClIN4O2. The van der Waals surface area contributed by atoms with E-state index in [1.165, 1.54) is 10.9 Å². The van der Waals surface area contributed by atoms with Crippen molar-refractivity contribution in [3.05, 3.63) is 35.0 Å². The Morgan fingerprint density at radius 1 is 1.22 bits per heavy atom. The lowest BCUT2D eigenvalue weighted by atomic mass is 10.1. The number of nitrogens with zero attached hydrogens (tertiary/aromatic N) is 1. The van der Waals surface area contributed by atoms with Gasteiger partial charge in [-0.15, -0.1) is 24.0 Å². The van der Waals surface area contributed by atoms with Crippen LogP contribution < -0.4 is 10.6 Å². The Hall–Kier alpha value is -1.03. The maximum atomic E-state index is 6.11. The van der Waals surface area contributed by atoms with Crippen LogP contribution >= 0.6 is 35.6 Å². The molecule has 0 atom stereocenters. The highest BCUT2D eigenvalue weighted by molar-refractivity contribution is 14.0. The largest absolute Gasteiger partial charge is 0.382 e. The molecule has 27 heavy (non-hydrogen) atoms. The third-order valence-corrected chi connectivity index (χ3v) is 4.14. The fraction of sp³-hybridized carbons (Fsp3) is 0.526. The summed E-state index contributed by atoms with van der Waals surface area (Å²) in [6, 6.07) is 5.91. The molecule has 1 aromatic carbocycles. The second kappa shape index (κ2) is 14.0. The van der Waals surface area contributed by atoms with Crippen LogP contribution in [0.3, 0.4) is 0 Å². The number of benzene rings is 1. The van der Waals surface area contributed by atoms with Gasteiger partial charge in [0.05, 0.1) is 13.2 Å². The summed E-state index contributed by atoms with van der Waals surface area (Å²) in [4.78, 5) is 7.87. The van der Waals surface area contributed by atoms with E-state index in [2.05, 4.69) is 27.5 Å². The van der Waals surface area contributed by atoms with Crippen molar-refractivity contribution in [3.63, 3.8) is 0 Å². The van der Waals surface area contributed by atoms with E-state index in [4.69, 9.17) is 21.1 Å². The number of hydrogen-bond acceptors (Lipinski definition) is 3. The van der Waals surface area contributed by atoms with E-state index >= 15 is 0 Å². The van der Waals surface area contributed by atoms with E-state index < -0.39 is 0 Å². The van der Waals surface area contributed by atoms with Crippen LogP contribution in [0.4, 0.5) is 0 Å². The van der Waals surface area contributed by atoms with E-state index in [-0.39, 0.29) is 24.0 Å². The molecule has 0 radical (unpaired) electrons. The second-order valence-corrected chi connectivity index (χ2v) is 6.34. The summed E-state index contributed by atoms with van der Waals surface area (Å²) in [6.45, 7) is 6.38. The predicted octanol–water partition coefficient (Wildman–Crippen LogP) is 3.59. The Morgan fingerprint density at radius 3 is 2.85 bits per heavy atom. The average Bonchev–Trinajstić information content (AvgIpc) is 3.03. The molecule has 8 heteroatoms. The van der Waals surface area contributed by atoms with Gasteiger partial charge >= 0.3 is 0 Å². The monoisotopic (exact) mass is 508 g/mol. The molecule has 1 heterocycles. The number of halogens is 2. The summed E-state index contributed by atoms with van der Waals surface area (Å²) in [5, 5.41) is 8.58. The molecule has 0 fully saturated rings. The van der Waals surface area contributed by atoms with Crippen LogP contribution in [0.2, 0.25) is 5.02 Å². The average molecular weight is 509 g/mol. The predicted molar refractivity (Wildman–Crippen MR) is 124 cm³/mol. The third kappa shape index (κ3) is 8.68. The molecule has 0 unspecified atom stereocenters. The first-order valence-corrected chi connectivity index (χ1v) is 9.46. The standard InChI is InChI=1S/C19H29ClN4O2.HI/c1-3-21-19(22-8-4-10-26-12-11-25-2)23-9-7-15-14-24-18-6-5-16(20)13-17(15)18;/h5-6,13-14,24H,3-4,7-12H2,1-2H3,(H2,21,22,23);1H. The number of aliphatic imine (C=N–C) groups is 1. The molecule has 3 N–H and O–H groups in total. The first-order chi connectivity index (χ1) is 12.7. The Bertz CT molecular complexity index is 693. The van der Waals surface area contributed by atoms with Gasteiger partial charge in [-0.3, -0.25) is 4.99 Å². The molecule has 2 aromatic rings. The number of rotatable bonds is 11. The summed E-state index contributed by atoms with van der Waals surface area (Å²) in [7, 11) is 1.67. The minimum atomic E-state index is 0. The van der Waals surface area contributed by atoms with Gasteiger partial charge in [-0.05, 0) is 43.5 Å². The molecule has 0 amide bonds. The zero-order chi connectivity index (χ0) is 18.6. The number of aromatic nitrogens is 1. The summed E-state index contributed by atoms with van der Waals surface area (Å²) >= 11 is 6.11. The Morgan fingerprint density at radius 2 is 2.07 bits per heavy atom. The van der Waals surface area contributed by atoms with E-state index in [1.807, 2.05) is 24.4 Å². The smallest absolute Gasteiger partial charge is 0.191 e. The van der Waals surface area contributed by atoms with Gasteiger partial charge in [0, 0.05) is 55.5 Å². The van der Waals surface area contributed by atoms with E-state index in [9.17, 15) is 0 Å². The van der Waals surface area contributed by atoms with Gasteiger partial charge in [0.25, 0.3) is 0 Å². The lowest BCUT2D eigenvalue weighted by molar-refractivity contribution is 0.0702. The van der Waals surface area contributed by atoms with Gasteiger partial charge < -0.3 is 25.1 Å². The Labute approximate surface area is 183 Å². The van der Waals surface area contributed by atoms with Gasteiger partial charge in [-0.2, -0.15) is 0 Å². The fourth-order valence-corrected chi connectivity index (χ4v) is 2.79. The SMILES string of the molecule is CCNC(=NCCCOCCOC)NCCc1c[nH]c2ccc(Cl)cc12.I. The number of hydrogen-bond donors (Lipinski definition) is 3. The zero-order valence-corrected chi connectivity index (χ0v) is 19.1. The van der Waals surface area contributed by atoms with Gasteiger partial charge in [0.2, 0.25) is 0 Å². The molecule has 0 aliphatic heterocycles. The van der Waals surface area contributed by atoms with Crippen molar-refractivity contribution in [2.75, 3.05) is 46.6 Å². The lowest BCUT2D eigenvalue weighted by Gasteiger charge is -2.11. The first kappa shape index (κ1) is 24.0.